The van der Waals surface area contributed by atoms with Gasteiger partial charge < -0.3 is 4.90 Å². The molecular formula is C27H25N. The summed E-state index contributed by atoms with van der Waals surface area (Å²) < 4.78 is 0. The third-order valence-electron chi connectivity index (χ3n) is 6.23. The lowest BCUT2D eigenvalue weighted by Crippen LogP contribution is -2.20. The predicted molar refractivity (Wildman–Crippen MR) is 120 cm³/mol. The Morgan fingerprint density at radius 1 is 0.643 bits per heavy atom. The summed E-state index contributed by atoms with van der Waals surface area (Å²) >= 11 is 0. The maximum absolute atomic E-state index is 2.41. The molecule has 0 N–H and O–H groups in total. The molecule has 0 fully saturated rings. The minimum absolute atomic E-state index is 0.360. The monoisotopic (exact) mass is 363 g/mol. The Kier molecular flexibility index (Phi) is 4.16. The van der Waals surface area contributed by atoms with Crippen LogP contribution in [-0.4, -0.2) is 14.1 Å². The Bertz CT molecular complexity index is 1010. The van der Waals surface area contributed by atoms with Gasteiger partial charge in [-0.1, -0.05) is 91.0 Å². The van der Waals surface area contributed by atoms with Crippen LogP contribution in [0.3, 0.4) is 0 Å². The molecule has 3 aromatic rings. The number of fused-ring (bicyclic) bond motifs is 2. The summed E-state index contributed by atoms with van der Waals surface area (Å²) in [5.41, 5.74) is 8.33. The van der Waals surface area contributed by atoms with E-state index in [0.717, 1.165) is 0 Å². The molecule has 1 nitrogen and oxygen atoms in total. The van der Waals surface area contributed by atoms with Crippen LogP contribution in [0.2, 0.25) is 0 Å². The number of benzene rings is 3. The third-order valence-corrected chi connectivity index (χ3v) is 6.23. The molecule has 0 aromatic heterocycles. The summed E-state index contributed by atoms with van der Waals surface area (Å²) in [5, 5.41) is 0. The second kappa shape index (κ2) is 6.83. The van der Waals surface area contributed by atoms with Crippen LogP contribution in [-0.2, 0) is 0 Å². The van der Waals surface area contributed by atoms with Crippen LogP contribution in [0, 0.1) is 0 Å². The lowest BCUT2D eigenvalue weighted by molar-refractivity contribution is 0.572. The average molecular weight is 364 g/mol. The van der Waals surface area contributed by atoms with Crippen LogP contribution >= 0.6 is 0 Å². The molecule has 0 amide bonds. The molecule has 2 aliphatic rings. The van der Waals surface area contributed by atoms with Gasteiger partial charge in [-0.3, -0.25) is 0 Å². The van der Waals surface area contributed by atoms with Crippen molar-refractivity contribution in [3.8, 4) is 0 Å². The van der Waals surface area contributed by atoms with Gasteiger partial charge in [-0.2, -0.15) is 0 Å². The van der Waals surface area contributed by atoms with Crippen LogP contribution in [0.25, 0.3) is 12.2 Å². The highest BCUT2D eigenvalue weighted by atomic mass is 15.1. The maximum Gasteiger partial charge on any atom is 0.0397 e. The van der Waals surface area contributed by atoms with Gasteiger partial charge in [0.1, 0.15) is 0 Å². The standard InChI is InChI=1S/C27H25N/c1-28(2)26-14-8-7-13-25(26)27(23-17-15-19-9-3-5-11-21(19)23)24-18-16-20-10-4-6-12-22(20)24/h3-18,23-24,27H,1-2H3. The molecule has 138 valence electrons. The zero-order valence-corrected chi connectivity index (χ0v) is 16.4. The molecule has 0 saturated carbocycles. The minimum Gasteiger partial charge on any atom is -0.377 e. The van der Waals surface area contributed by atoms with Crippen molar-refractivity contribution in [2.45, 2.75) is 17.8 Å². The van der Waals surface area contributed by atoms with Crippen molar-refractivity contribution in [2.75, 3.05) is 19.0 Å². The summed E-state index contributed by atoms with van der Waals surface area (Å²) in [6, 6.07) is 26.6. The number of rotatable bonds is 4. The SMILES string of the molecule is CN(C)c1ccccc1C(C1C=Cc2ccccc21)C1C=Cc2ccccc21. The van der Waals surface area contributed by atoms with Gasteiger partial charge in [0.05, 0.1) is 0 Å². The van der Waals surface area contributed by atoms with Gasteiger partial charge in [-0.05, 0) is 33.9 Å². The highest BCUT2D eigenvalue weighted by Gasteiger charge is 2.36. The number of nitrogens with zero attached hydrogens (tertiary/aromatic N) is 1. The fourth-order valence-electron chi connectivity index (χ4n) is 4.97. The van der Waals surface area contributed by atoms with Gasteiger partial charge in [0.2, 0.25) is 0 Å². The summed E-state index contributed by atoms with van der Waals surface area (Å²) in [5.74, 6) is 1.11. The Hall–Kier alpha value is -3.06. The average Bonchev–Trinajstić information content (AvgIpc) is 3.34. The summed E-state index contributed by atoms with van der Waals surface area (Å²) in [4.78, 5) is 2.25. The molecule has 2 unspecified atom stereocenters. The van der Waals surface area contributed by atoms with Crippen LogP contribution in [0.15, 0.2) is 84.9 Å². The van der Waals surface area contributed by atoms with Gasteiger partial charge >= 0.3 is 0 Å². The van der Waals surface area contributed by atoms with Crippen molar-refractivity contribution in [2.24, 2.45) is 0 Å². The lowest BCUT2D eigenvalue weighted by Gasteiger charge is -2.33. The first-order valence-electron chi connectivity index (χ1n) is 10.0. The van der Waals surface area contributed by atoms with Crippen molar-refractivity contribution in [3.63, 3.8) is 0 Å². The zero-order chi connectivity index (χ0) is 19.1. The molecule has 28 heavy (non-hydrogen) atoms. The highest BCUT2D eigenvalue weighted by molar-refractivity contribution is 5.69. The van der Waals surface area contributed by atoms with Crippen LogP contribution in [0.1, 0.15) is 45.6 Å². The molecule has 0 heterocycles. The number of para-hydroxylation sites is 1. The summed E-state index contributed by atoms with van der Waals surface area (Å²) in [6.45, 7) is 0. The molecule has 2 atom stereocenters. The lowest BCUT2D eigenvalue weighted by atomic mass is 9.72. The quantitative estimate of drug-likeness (QED) is 0.514. The molecule has 5 rings (SSSR count). The van der Waals surface area contributed by atoms with Crippen molar-refractivity contribution < 1.29 is 0 Å². The van der Waals surface area contributed by atoms with Gasteiger partial charge in [0, 0.05) is 37.5 Å². The first-order valence-corrected chi connectivity index (χ1v) is 10.0. The number of anilines is 1. The smallest absolute Gasteiger partial charge is 0.0397 e. The second-order valence-corrected chi connectivity index (χ2v) is 8.01. The zero-order valence-electron chi connectivity index (χ0n) is 16.4. The first-order chi connectivity index (χ1) is 13.7. The summed E-state index contributed by atoms with van der Waals surface area (Å²) in [6.07, 6.45) is 9.43. The van der Waals surface area contributed by atoms with Gasteiger partial charge in [0.25, 0.3) is 0 Å². The fourth-order valence-corrected chi connectivity index (χ4v) is 4.97. The molecule has 1 heteroatoms. The number of hydrogen-bond acceptors (Lipinski definition) is 1. The first kappa shape index (κ1) is 17.1. The van der Waals surface area contributed by atoms with Gasteiger partial charge in [0.15, 0.2) is 0 Å². The van der Waals surface area contributed by atoms with Crippen molar-refractivity contribution in [1.82, 2.24) is 0 Å². The second-order valence-electron chi connectivity index (χ2n) is 8.01. The largest absolute Gasteiger partial charge is 0.377 e. The number of hydrogen-bond donors (Lipinski definition) is 0. The highest BCUT2D eigenvalue weighted by Crippen LogP contribution is 2.52. The molecular weight excluding hydrogens is 338 g/mol. The third kappa shape index (κ3) is 2.70. The van der Waals surface area contributed by atoms with E-state index in [9.17, 15) is 0 Å². The maximum atomic E-state index is 2.41. The normalized spacial score (nSPS) is 20.1. The molecule has 0 radical (unpaired) electrons. The Morgan fingerprint density at radius 2 is 1.14 bits per heavy atom. The molecule has 0 bridgehead atoms. The van der Waals surface area contributed by atoms with Crippen molar-refractivity contribution in [1.29, 1.82) is 0 Å². The van der Waals surface area contributed by atoms with E-state index in [2.05, 4.69) is 116 Å². The molecule has 0 spiro atoms. The van der Waals surface area contributed by atoms with Crippen molar-refractivity contribution >= 4 is 17.8 Å². The molecule has 0 saturated heterocycles. The van der Waals surface area contributed by atoms with Crippen LogP contribution in [0.5, 0.6) is 0 Å². The van der Waals surface area contributed by atoms with Crippen LogP contribution < -0.4 is 4.90 Å². The van der Waals surface area contributed by atoms with E-state index in [4.69, 9.17) is 0 Å². The molecule has 2 aliphatic carbocycles. The Morgan fingerprint density at radius 3 is 1.71 bits per heavy atom. The van der Waals surface area contributed by atoms with E-state index in [1.165, 1.54) is 33.5 Å². The van der Waals surface area contributed by atoms with Gasteiger partial charge in [-0.15, -0.1) is 0 Å². The van der Waals surface area contributed by atoms with E-state index < -0.39 is 0 Å². The predicted octanol–water partition coefficient (Wildman–Crippen LogP) is 6.46. The fraction of sp³-hybridized carbons (Fsp3) is 0.185. The van der Waals surface area contributed by atoms with E-state index in [0.29, 0.717) is 17.8 Å². The van der Waals surface area contributed by atoms with E-state index in [1.54, 1.807) is 0 Å². The van der Waals surface area contributed by atoms with Crippen molar-refractivity contribution in [3.05, 3.63) is 113 Å². The Balaban J connectivity index is 1.70. The molecule has 0 aliphatic heterocycles. The van der Waals surface area contributed by atoms with E-state index in [1.807, 2.05) is 0 Å². The topological polar surface area (TPSA) is 3.24 Å². The van der Waals surface area contributed by atoms with E-state index >= 15 is 0 Å². The van der Waals surface area contributed by atoms with E-state index in [-0.39, 0.29) is 0 Å². The summed E-state index contributed by atoms with van der Waals surface area (Å²) in [7, 11) is 4.29. The minimum atomic E-state index is 0.360. The Labute approximate surface area is 167 Å². The number of allylic oxidation sites excluding steroid dienone is 2. The van der Waals surface area contributed by atoms with Crippen LogP contribution in [0.4, 0.5) is 5.69 Å². The molecule has 3 aromatic carbocycles. The van der Waals surface area contributed by atoms with Gasteiger partial charge in [-0.25, -0.2) is 0 Å².